The maximum atomic E-state index is 10.3. The Balaban J connectivity index is 1.78. The molecule has 1 N–H and O–H groups in total. The molecule has 0 aliphatic heterocycles. The van der Waals surface area contributed by atoms with Crippen molar-refractivity contribution < 1.29 is 5.11 Å². The number of hydrogen-bond acceptors (Lipinski definition) is 3. The van der Waals surface area contributed by atoms with Gasteiger partial charge in [-0.05, 0) is 24.0 Å². The van der Waals surface area contributed by atoms with Crippen molar-refractivity contribution in [2.24, 2.45) is 0 Å². The number of rotatable bonds is 3. The molecule has 3 rings (SSSR count). The lowest BCUT2D eigenvalue weighted by Gasteiger charge is -2.18. The van der Waals surface area contributed by atoms with Crippen LogP contribution in [0.2, 0.25) is 0 Å². The number of aliphatic hydroxyl groups excluding tert-OH is 1. The summed E-state index contributed by atoms with van der Waals surface area (Å²) in [4.78, 5) is 5.22. The lowest BCUT2D eigenvalue weighted by Crippen LogP contribution is -2.18. The molecular formula is C14H15NOS. The third kappa shape index (κ3) is 2.13. The molecule has 0 bridgehead atoms. The van der Waals surface area contributed by atoms with Crippen LogP contribution in [0.3, 0.4) is 0 Å². The monoisotopic (exact) mass is 245 g/mol. The van der Waals surface area contributed by atoms with Crippen molar-refractivity contribution in [1.29, 1.82) is 0 Å². The first kappa shape index (κ1) is 10.9. The molecule has 2 aromatic rings. The van der Waals surface area contributed by atoms with Crippen LogP contribution < -0.4 is 0 Å². The highest BCUT2D eigenvalue weighted by molar-refractivity contribution is 7.09. The summed E-state index contributed by atoms with van der Waals surface area (Å²) in [7, 11) is 0. The number of aromatic nitrogens is 1. The highest BCUT2D eigenvalue weighted by atomic mass is 32.1. The third-order valence-electron chi connectivity index (χ3n) is 3.54. The summed E-state index contributed by atoms with van der Waals surface area (Å²) in [5.41, 5.74) is 4.57. The van der Waals surface area contributed by atoms with E-state index in [1.165, 1.54) is 16.0 Å². The Kier molecular flexibility index (Phi) is 2.95. The molecule has 1 aliphatic rings. The van der Waals surface area contributed by atoms with Crippen molar-refractivity contribution in [3.63, 3.8) is 0 Å². The molecule has 2 unspecified atom stereocenters. The standard InChI is InChI=1S/C14H15NOS/c16-14(7-11-8-15-9-17-11)13-6-5-10-3-1-2-4-12(10)13/h1-4,8-9,13-14,16H,5-7H2. The molecule has 2 nitrogen and oxygen atoms in total. The van der Waals surface area contributed by atoms with Crippen molar-refractivity contribution in [2.45, 2.75) is 31.3 Å². The van der Waals surface area contributed by atoms with Gasteiger partial charge in [0.15, 0.2) is 0 Å². The second kappa shape index (κ2) is 4.59. The quantitative estimate of drug-likeness (QED) is 0.902. The van der Waals surface area contributed by atoms with E-state index in [1.807, 2.05) is 11.7 Å². The second-order valence-electron chi connectivity index (χ2n) is 4.58. The van der Waals surface area contributed by atoms with Crippen LogP contribution in [0.25, 0.3) is 0 Å². The van der Waals surface area contributed by atoms with E-state index in [2.05, 4.69) is 29.2 Å². The van der Waals surface area contributed by atoms with Gasteiger partial charge in [0.2, 0.25) is 0 Å². The third-order valence-corrected chi connectivity index (χ3v) is 4.34. The lowest BCUT2D eigenvalue weighted by molar-refractivity contribution is 0.144. The van der Waals surface area contributed by atoms with Gasteiger partial charge in [0.1, 0.15) is 0 Å². The molecule has 0 saturated heterocycles. The Hall–Kier alpha value is -1.19. The zero-order chi connectivity index (χ0) is 11.7. The van der Waals surface area contributed by atoms with Crippen molar-refractivity contribution in [2.75, 3.05) is 0 Å². The fourth-order valence-corrected chi connectivity index (χ4v) is 3.33. The van der Waals surface area contributed by atoms with Crippen LogP contribution in [-0.4, -0.2) is 16.2 Å². The Morgan fingerprint density at radius 2 is 2.29 bits per heavy atom. The summed E-state index contributed by atoms with van der Waals surface area (Å²) in [6.45, 7) is 0. The van der Waals surface area contributed by atoms with E-state index >= 15 is 0 Å². The normalized spacial score (nSPS) is 20.2. The first-order valence-corrected chi connectivity index (χ1v) is 6.86. The summed E-state index contributed by atoms with van der Waals surface area (Å²) in [6.07, 6.45) is 4.47. The van der Waals surface area contributed by atoms with Gasteiger partial charge in [0, 0.05) is 23.4 Å². The van der Waals surface area contributed by atoms with Crippen LogP contribution in [0.1, 0.15) is 28.3 Å². The van der Waals surface area contributed by atoms with E-state index in [9.17, 15) is 5.11 Å². The number of hydrogen-bond donors (Lipinski definition) is 1. The fraction of sp³-hybridized carbons (Fsp3) is 0.357. The van der Waals surface area contributed by atoms with Crippen LogP contribution in [0.15, 0.2) is 36.0 Å². The Morgan fingerprint density at radius 3 is 3.12 bits per heavy atom. The van der Waals surface area contributed by atoms with E-state index in [1.54, 1.807) is 11.3 Å². The van der Waals surface area contributed by atoms with Crippen LogP contribution in [0, 0.1) is 0 Å². The van der Waals surface area contributed by atoms with E-state index in [4.69, 9.17) is 0 Å². The van der Waals surface area contributed by atoms with Crippen LogP contribution in [0.5, 0.6) is 0 Å². The lowest BCUT2D eigenvalue weighted by atomic mass is 9.93. The van der Waals surface area contributed by atoms with Crippen molar-refractivity contribution in [1.82, 2.24) is 4.98 Å². The van der Waals surface area contributed by atoms with Crippen molar-refractivity contribution in [3.8, 4) is 0 Å². The maximum absolute atomic E-state index is 10.3. The number of benzene rings is 1. The molecule has 3 heteroatoms. The second-order valence-corrected chi connectivity index (χ2v) is 5.55. The number of aryl methyl sites for hydroxylation is 1. The minimum atomic E-state index is -0.279. The smallest absolute Gasteiger partial charge is 0.0794 e. The zero-order valence-electron chi connectivity index (χ0n) is 9.54. The van der Waals surface area contributed by atoms with Crippen LogP contribution in [0.4, 0.5) is 0 Å². The van der Waals surface area contributed by atoms with E-state index < -0.39 is 0 Å². The molecule has 0 fully saturated rings. The Labute approximate surface area is 105 Å². The van der Waals surface area contributed by atoms with Crippen molar-refractivity contribution in [3.05, 3.63) is 52.0 Å². The molecule has 2 atom stereocenters. The van der Waals surface area contributed by atoms with Gasteiger partial charge in [-0.15, -0.1) is 11.3 Å². The van der Waals surface area contributed by atoms with Gasteiger partial charge in [-0.1, -0.05) is 24.3 Å². The topological polar surface area (TPSA) is 33.1 Å². The summed E-state index contributed by atoms with van der Waals surface area (Å²) in [5, 5.41) is 10.3. The van der Waals surface area contributed by atoms with E-state index in [0.717, 1.165) is 19.3 Å². The first-order chi connectivity index (χ1) is 8.34. The number of nitrogens with zero attached hydrogens (tertiary/aromatic N) is 1. The molecule has 0 radical (unpaired) electrons. The van der Waals surface area contributed by atoms with Gasteiger partial charge in [-0.2, -0.15) is 0 Å². The van der Waals surface area contributed by atoms with Gasteiger partial charge >= 0.3 is 0 Å². The van der Waals surface area contributed by atoms with Gasteiger partial charge in [-0.25, -0.2) is 0 Å². The Morgan fingerprint density at radius 1 is 1.41 bits per heavy atom. The average Bonchev–Trinajstić information content (AvgIpc) is 2.96. The average molecular weight is 245 g/mol. The number of fused-ring (bicyclic) bond motifs is 1. The largest absolute Gasteiger partial charge is 0.392 e. The molecule has 88 valence electrons. The predicted molar refractivity (Wildman–Crippen MR) is 69.3 cm³/mol. The van der Waals surface area contributed by atoms with Crippen LogP contribution in [-0.2, 0) is 12.8 Å². The summed E-state index contributed by atoms with van der Waals surface area (Å²) in [6, 6.07) is 8.48. The summed E-state index contributed by atoms with van der Waals surface area (Å²) in [5.74, 6) is 0.299. The number of thiazole rings is 1. The summed E-state index contributed by atoms with van der Waals surface area (Å²) < 4.78 is 0. The SMILES string of the molecule is OC(Cc1cncs1)C1CCc2ccccc21. The molecule has 1 aromatic carbocycles. The minimum Gasteiger partial charge on any atom is -0.392 e. The first-order valence-electron chi connectivity index (χ1n) is 5.98. The van der Waals surface area contributed by atoms with Gasteiger partial charge in [0.05, 0.1) is 11.6 Å². The fourth-order valence-electron chi connectivity index (χ4n) is 2.68. The molecule has 1 aliphatic carbocycles. The maximum Gasteiger partial charge on any atom is 0.0794 e. The molecule has 0 saturated carbocycles. The van der Waals surface area contributed by atoms with Gasteiger partial charge in [-0.3, -0.25) is 4.98 Å². The zero-order valence-corrected chi connectivity index (χ0v) is 10.4. The summed E-state index contributed by atoms with van der Waals surface area (Å²) >= 11 is 1.62. The molecule has 1 heterocycles. The van der Waals surface area contributed by atoms with Crippen molar-refractivity contribution >= 4 is 11.3 Å². The minimum absolute atomic E-state index is 0.279. The number of aliphatic hydroxyl groups is 1. The van der Waals surface area contributed by atoms with E-state index in [-0.39, 0.29) is 6.10 Å². The predicted octanol–water partition coefficient (Wildman–Crippen LogP) is 2.78. The molecular weight excluding hydrogens is 230 g/mol. The molecule has 1 aromatic heterocycles. The molecule has 0 spiro atoms. The highest BCUT2D eigenvalue weighted by Crippen LogP contribution is 2.36. The van der Waals surface area contributed by atoms with Gasteiger partial charge < -0.3 is 5.11 Å². The van der Waals surface area contributed by atoms with E-state index in [0.29, 0.717) is 5.92 Å². The molecule has 0 amide bonds. The molecule has 17 heavy (non-hydrogen) atoms. The Bertz CT molecular complexity index is 495. The van der Waals surface area contributed by atoms with Gasteiger partial charge in [0.25, 0.3) is 0 Å². The highest BCUT2D eigenvalue weighted by Gasteiger charge is 2.28. The van der Waals surface area contributed by atoms with Crippen LogP contribution >= 0.6 is 11.3 Å².